The molecule has 1 aliphatic carbocycles. The molecule has 2 aromatic rings. The van der Waals surface area contributed by atoms with Crippen molar-refractivity contribution in [1.29, 1.82) is 0 Å². The number of aromatic nitrogens is 2. The Labute approximate surface area is 124 Å². The SMILES string of the molecule is O=C(CC1C=CCC1)Nc1cccc(Cn2ccnc2)c1. The van der Waals surface area contributed by atoms with Crippen molar-refractivity contribution in [2.24, 2.45) is 5.92 Å². The van der Waals surface area contributed by atoms with Gasteiger partial charge < -0.3 is 9.88 Å². The molecule has 0 bridgehead atoms. The van der Waals surface area contributed by atoms with E-state index < -0.39 is 0 Å². The number of hydrogen-bond acceptors (Lipinski definition) is 2. The number of hydrogen-bond donors (Lipinski definition) is 1. The normalized spacial score (nSPS) is 17.0. The summed E-state index contributed by atoms with van der Waals surface area (Å²) in [6.45, 7) is 0.759. The first-order chi connectivity index (χ1) is 10.3. The molecule has 1 N–H and O–H groups in total. The third kappa shape index (κ3) is 3.81. The van der Waals surface area contributed by atoms with E-state index in [9.17, 15) is 4.79 Å². The number of rotatable bonds is 5. The number of nitrogens with one attached hydrogen (secondary N) is 1. The first-order valence-electron chi connectivity index (χ1n) is 7.31. The molecule has 4 heteroatoms. The largest absolute Gasteiger partial charge is 0.333 e. The van der Waals surface area contributed by atoms with Gasteiger partial charge in [0.05, 0.1) is 6.33 Å². The van der Waals surface area contributed by atoms with Gasteiger partial charge in [-0.15, -0.1) is 0 Å². The Morgan fingerprint density at radius 3 is 3.14 bits per heavy atom. The minimum atomic E-state index is 0.0892. The molecule has 1 aliphatic rings. The van der Waals surface area contributed by atoms with Gasteiger partial charge in [-0.1, -0.05) is 24.3 Å². The van der Waals surface area contributed by atoms with Gasteiger partial charge >= 0.3 is 0 Å². The third-order valence-corrected chi connectivity index (χ3v) is 3.70. The summed E-state index contributed by atoms with van der Waals surface area (Å²) < 4.78 is 2.00. The summed E-state index contributed by atoms with van der Waals surface area (Å²) in [6, 6.07) is 7.97. The lowest BCUT2D eigenvalue weighted by Gasteiger charge is -2.10. The van der Waals surface area contributed by atoms with E-state index in [0.29, 0.717) is 12.3 Å². The maximum atomic E-state index is 12.0. The van der Waals surface area contributed by atoms with Crippen LogP contribution in [0.2, 0.25) is 0 Å². The molecular formula is C17H19N3O. The van der Waals surface area contributed by atoms with Crippen LogP contribution < -0.4 is 5.32 Å². The number of amides is 1. The predicted octanol–water partition coefficient (Wildman–Crippen LogP) is 3.23. The van der Waals surface area contributed by atoms with Gasteiger partial charge in [-0.2, -0.15) is 0 Å². The molecule has 0 radical (unpaired) electrons. The topological polar surface area (TPSA) is 46.9 Å². The molecule has 1 amide bonds. The number of benzene rings is 1. The van der Waals surface area contributed by atoms with Crippen LogP contribution in [0.25, 0.3) is 0 Å². The van der Waals surface area contributed by atoms with Crippen molar-refractivity contribution >= 4 is 11.6 Å². The average Bonchev–Trinajstić information content (AvgIpc) is 3.12. The van der Waals surface area contributed by atoms with Crippen LogP contribution in [0.4, 0.5) is 5.69 Å². The molecule has 108 valence electrons. The van der Waals surface area contributed by atoms with Gasteiger partial charge in [-0.3, -0.25) is 4.79 Å². The van der Waals surface area contributed by atoms with E-state index in [0.717, 1.165) is 30.6 Å². The van der Waals surface area contributed by atoms with Gasteiger partial charge in [0.1, 0.15) is 0 Å². The Morgan fingerprint density at radius 2 is 2.38 bits per heavy atom. The second-order valence-corrected chi connectivity index (χ2v) is 5.45. The summed E-state index contributed by atoms with van der Waals surface area (Å²) in [5.74, 6) is 0.491. The van der Waals surface area contributed by atoms with E-state index in [-0.39, 0.29) is 5.91 Å². The second kappa shape index (κ2) is 6.39. The van der Waals surface area contributed by atoms with Crippen molar-refractivity contribution in [3.8, 4) is 0 Å². The number of carbonyl (C=O) groups excluding carboxylic acids is 1. The van der Waals surface area contributed by atoms with Gasteiger partial charge in [-0.05, 0) is 36.5 Å². The lowest BCUT2D eigenvalue weighted by atomic mass is 10.0. The number of carbonyl (C=O) groups is 1. The summed E-state index contributed by atoms with van der Waals surface area (Å²) in [5, 5.41) is 2.99. The molecule has 1 aromatic heterocycles. The standard InChI is InChI=1S/C17H19N3O/c21-17(11-14-4-1-2-5-14)19-16-7-3-6-15(10-16)12-20-9-8-18-13-20/h1,3-4,6-10,13-14H,2,5,11-12H2,(H,19,21). The van der Waals surface area contributed by atoms with Crippen LogP contribution in [0, 0.1) is 5.92 Å². The highest BCUT2D eigenvalue weighted by atomic mass is 16.1. The highest BCUT2D eigenvalue weighted by Gasteiger charge is 2.14. The number of nitrogens with zero attached hydrogens (tertiary/aromatic N) is 2. The quantitative estimate of drug-likeness (QED) is 0.855. The summed E-state index contributed by atoms with van der Waals surface area (Å²) in [5.41, 5.74) is 2.01. The number of anilines is 1. The number of imidazole rings is 1. The summed E-state index contributed by atoms with van der Waals surface area (Å²) in [6.07, 6.45) is 12.5. The van der Waals surface area contributed by atoms with E-state index in [1.165, 1.54) is 0 Å². The Balaban J connectivity index is 1.60. The molecule has 21 heavy (non-hydrogen) atoms. The Kier molecular flexibility index (Phi) is 4.15. The Bertz CT molecular complexity index is 631. The fourth-order valence-electron chi connectivity index (χ4n) is 2.65. The fraction of sp³-hybridized carbons (Fsp3) is 0.294. The molecule has 0 saturated carbocycles. The van der Waals surface area contributed by atoms with Gasteiger partial charge in [0, 0.05) is 31.0 Å². The van der Waals surface area contributed by atoms with Gasteiger partial charge in [-0.25, -0.2) is 4.98 Å². The van der Waals surface area contributed by atoms with Crippen LogP contribution >= 0.6 is 0 Å². The van der Waals surface area contributed by atoms with E-state index >= 15 is 0 Å². The Hall–Kier alpha value is -2.36. The predicted molar refractivity (Wildman–Crippen MR) is 82.9 cm³/mol. The first-order valence-corrected chi connectivity index (χ1v) is 7.31. The molecule has 0 aliphatic heterocycles. The number of allylic oxidation sites excluding steroid dienone is 2. The van der Waals surface area contributed by atoms with Gasteiger partial charge in [0.25, 0.3) is 0 Å². The molecule has 0 saturated heterocycles. The van der Waals surface area contributed by atoms with E-state index in [1.807, 2.05) is 29.0 Å². The molecule has 1 atom stereocenters. The van der Waals surface area contributed by atoms with Crippen molar-refractivity contribution in [2.45, 2.75) is 25.8 Å². The fourth-order valence-corrected chi connectivity index (χ4v) is 2.65. The van der Waals surface area contributed by atoms with E-state index in [1.54, 1.807) is 12.5 Å². The highest BCUT2D eigenvalue weighted by molar-refractivity contribution is 5.91. The summed E-state index contributed by atoms with van der Waals surface area (Å²) in [4.78, 5) is 16.1. The van der Waals surface area contributed by atoms with Gasteiger partial charge in [0.15, 0.2) is 0 Å². The smallest absolute Gasteiger partial charge is 0.224 e. The van der Waals surface area contributed by atoms with Gasteiger partial charge in [0.2, 0.25) is 5.91 Å². The minimum absolute atomic E-state index is 0.0892. The lowest BCUT2D eigenvalue weighted by Crippen LogP contribution is -2.15. The van der Waals surface area contributed by atoms with Crippen molar-refractivity contribution < 1.29 is 4.79 Å². The molecule has 3 rings (SSSR count). The van der Waals surface area contributed by atoms with Crippen LogP contribution in [-0.2, 0) is 11.3 Å². The van der Waals surface area contributed by atoms with Crippen LogP contribution in [0.1, 0.15) is 24.8 Å². The molecule has 0 fully saturated rings. The van der Waals surface area contributed by atoms with Crippen molar-refractivity contribution in [1.82, 2.24) is 9.55 Å². The van der Waals surface area contributed by atoms with Crippen LogP contribution in [0.15, 0.2) is 55.1 Å². The van der Waals surface area contributed by atoms with Crippen LogP contribution in [0.3, 0.4) is 0 Å². The molecular weight excluding hydrogens is 262 g/mol. The van der Waals surface area contributed by atoms with Crippen molar-refractivity contribution in [3.63, 3.8) is 0 Å². The molecule has 1 heterocycles. The highest BCUT2D eigenvalue weighted by Crippen LogP contribution is 2.21. The van der Waals surface area contributed by atoms with Crippen molar-refractivity contribution in [3.05, 3.63) is 60.7 Å². The molecule has 4 nitrogen and oxygen atoms in total. The second-order valence-electron chi connectivity index (χ2n) is 5.45. The summed E-state index contributed by atoms with van der Waals surface area (Å²) in [7, 11) is 0. The third-order valence-electron chi connectivity index (χ3n) is 3.70. The lowest BCUT2D eigenvalue weighted by molar-refractivity contribution is -0.116. The van der Waals surface area contributed by atoms with E-state index in [2.05, 4.69) is 28.5 Å². The maximum absolute atomic E-state index is 12.0. The minimum Gasteiger partial charge on any atom is -0.333 e. The van der Waals surface area contributed by atoms with Crippen LogP contribution in [-0.4, -0.2) is 15.5 Å². The average molecular weight is 281 g/mol. The first kappa shape index (κ1) is 13.6. The van der Waals surface area contributed by atoms with Crippen molar-refractivity contribution in [2.75, 3.05) is 5.32 Å². The maximum Gasteiger partial charge on any atom is 0.224 e. The zero-order valence-electron chi connectivity index (χ0n) is 11.9. The van der Waals surface area contributed by atoms with E-state index in [4.69, 9.17) is 0 Å². The zero-order valence-corrected chi connectivity index (χ0v) is 11.9. The monoisotopic (exact) mass is 281 g/mol. The summed E-state index contributed by atoms with van der Waals surface area (Å²) >= 11 is 0. The molecule has 1 aromatic carbocycles. The zero-order chi connectivity index (χ0) is 14.5. The molecule has 1 unspecified atom stereocenters. The van der Waals surface area contributed by atoms with Crippen LogP contribution in [0.5, 0.6) is 0 Å². The Morgan fingerprint density at radius 1 is 1.43 bits per heavy atom. The molecule has 0 spiro atoms.